The molecule has 0 spiro atoms. The normalized spacial score (nSPS) is 14.1. The second-order valence-corrected chi connectivity index (χ2v) is 9.74. The average molecular weight is 515 g/mol. The van der Waals surface area contributed by atoms with Gasteiger partial charge in [0.05, 0.1) is 28.4 Å². The van der Waals surface area contributed by atoms with Gasteiger partial charge < -0.3 is 9.47 Å². The van der Waals surface area contributed by atoms with Gasteiger partial charge in [0.1, 0.15) is 18.7 Å². The Morgan fingerprint density at radius 1 is 0.846 bits per heavy atom. The molecule has 8 heteroatoms. The van der Waals surface area contributed by atoms with E-state index in [1.807, 2.05) is 72.3 Å². The largest absolute Gasteiger partial charge is 0.485 e. The van der Waals surface area contributed by atoms with E-state index in [2.05, 4.69) is 42.1 Å². The predicted molar refractivity (Wildman–Crippen MR) is 147 cm³/mol. The van der Waals surface area contributed by atoms with Gasteiger partial charge in [0, 0.05) is 0 Å². The Bertz CT molecular complexity index is 1830. The number of hydrogen-bond donors (Lipinski definition) is 0. The van der Waals surface area contributed by atoms with Crippen LogP contribution in [0.2, 0.25) is 0 Å². The van der Waals surface area contributed by atoms with Crippen LogP contribution in [0.4, 0.5) is 0 Å². The van der Waals surface area contributed by atoms with Crippen molar-refractivity contribution in [3.05, 3.63) is 125 Å². The molecular weight excluding hydrogens is 488 g/mol. The summed E-state index contributed by atoms with van der Waals surface area (Å²) in [5.41, 5.74) is 7.73. The zero-order valence-corrected chi connectivity index (χ0v) is 21.9. The van der Waals surface area contributed by atoms with E-state index in [0.29, 0.717) is 23.2 Å². The summed E-state index contributed by atoms with van der Waals surface area (Å²) in [6, 6.07) is 26.4. The molecule has 4 heterocycles. The fourth-order valence-corrected chi connectivity index (χ4v) is 5.23. The molecule has 8 nitrogen and oxygen atoms in total. The maximum Gasteiger partial charge on any atom is 0.230 e. The molecule has 0 aliphatic carbocycles. The van der Waals surface area contributed by atoms with Gasteiger partial charge in [-0.15, -0.1) is 5.10 Å². The van der Waals surface area contributed by atoms with Gasteiger partial charge in [0.2, 0.25) is 11.8 Å². The number of nitrogens with zero attached hydrogens (tertiary/aromatic N) is 6. The fraction of sp³-hybridized carbons (Fsp3) is 0.161. The van der Waals surface area contributed by atoms with Gasteiger partial charge in [0.25, 0.3) is 0 Å². The zero-order valence-electron chi connectivity index (χ0n) is 21.9. The Balaban J connectivity index is 1.36. The number of benzene rings is 3. The first-order valence-corrected chi connectivity index (χ1v) is 12.9. The van der Waals surface area contributed by atoms with Gasteiger partial charge >= 0.3 is 0 Å². The van der Waals surface area contributed by atoms with E-state index in [0.717, 1.165) is 39.4 Å². The van der Waals surface area contributed by atoms with Crippen molar-refractivity contribution in [2.24, 2.45) is 0 Å². The SMILES string of the molecule is Cc1cccc(OCc2nc3c4c(ncn3n2)Oc2c(c(C)nn2-c2ccccc2)C4c2ccccc2)c1C. The Labute approximate surface area is 225 Å². The van der Waals surface area contributed by atoms with Crippen LogP contribution in [0.15, 0.2) is 85.2 Å². The van der Waals surface area contributed by atoms with Crippen molar-refractivity contribution in [3.63, 3.8) is 0 Å². The van der Waals surface area contributed by atoms with Crippen LogP contribution >= 0.6 is 0 Å². The molecule has 0 fully saturated rings. The smallest absolute Gasteiger partial charge is 0.230 e. The first-order valence-electron chi connectivity index (χ1n) is 12.9. The second-order valence-electron chi connectivity index (χ2n) is 9.74. The number of para-hydroxylation sites is 1. The Morgan fingerprint density at radius 3 is 2.41 bits per heavy atom. The lowest BCUT2D eigenvalue weighted by Gasteiger charge is -2.26. The second kappa shape index (κ2) is 9.09. The number of hydrogen-bond acceptors (Lipinski definition) is 6. The monoisotopic (exact) mass is 514 g/mol. The molecule has 39 heavy (non-hydrogen) atoms. The number of ether oxygens (including phenoxy) is 2. The van der Waals surface area contributed by atoms with Crippen molar-refractivity contribution in [1.82, 2.24) is 29.4 Å². The summed E-state index contributed by atoms with van der Waals surface area (Å²) in [6.07, 6.45) is 1.64. The molecule has 0 radical (unpaired) electrons. The summed E-state index contributed by atoms with van der Waals surface area (Å²) >= 11 is 0. The zero-order chi connectivity index (χ0) is 26.5. The number of aromatic nitrogens is 6. The minimum absolute atomic E-state index is 0.185. The van der Waals surface area contributed by atoms with Gasteiger partial charge in [-0.05, 0) is 55.7 Å². The first-order chi connectivity index (χ1) is 19.1. The van der Waals surface area contributed by atoms with Crippen LogP contribution in [-0.4, -0.2) is 29.4 Å². The lowest BCUT2D eigenvalue weighted by atomic mass is 9.84. The van der Waals surface area contributed by atoms with Gasteiger partial charge in [-0.2, -0.15) is 5.10 Å². The number of rotatable bonds is 5. The van der Waals surface area contributed by atoms with E-state index >= 15 is 0 Å². The van der Waals surface area contributed by atoms with E-state index in [1.165, 1.54) is 5.56 Å². The topological polar surface area (TPSA) is 79.4 Å². The van der Waals surface area contributed by atoms with Gasteiger partial charge in [-0.3, -0.25) is 0 Å². The van der Waals surface area contributed by atoms with Crippen LogP contribution in [0, 0.1) is 20.8 Å². The third-order valence-electron chi connectivity index (χ3n) is 7.31. The fourth-order valence-electron chi connectivity index (χ4n) is 5.23. The molecule has 0 N–H and O–H groups in total. The summed E-state index contributed by atoms with van der Waals surface area (Å²) in [6.45, 7) is 6.39. The Hall–Kier alpha value is -4.98. The lowest BCUT2D eigenvalue weighted by Crippen LogP contribution is -2.16. The van der Waals surface area contributed by atoms with Crippen molar-refractivity contribution < 1.29 is 9.47 Å². The third kappa shape index (κ3) is 3.84. The molecule has 1 aliphatic rings. The quantitative estimate of drug-likeness (QED) is 0.276. The summed E-state index contributed by atoms with van der Waals surface area (Å²) in [5, 5.41) is 9.57. The highest BCUT2D eigenvalue weighted by molar-refractivity contribution is 5.66. The van der Waals surface area contributed by atoms with Crippen LogP contribution in [-0.2, 0) is 6.61 Å². The summed E-state index contributed by atoms with van der Waals surface area (Å²) in [5.74, 6) is 2.37. The van der Waals surface area contributed by atoms with Crippen molar-refractivity contribution in [2.75, 3.05) is 0 Å². The van der Waals surface area contributed by atoms with Crippen molar-refractivity contribution in [1.29, 1.82) is 0 Å². The maximum absolute atomic E-state index is 6.49. The van der Waals surface area contributed by atoms with Crippen LogP contribution in [0.1, 0.15) is 45.3 Å². The highest BCUT2D eigenvalue weighted by Gasteiger charge is 2.38. The molecule has 0 saturated carbocycles. The Morgan fingerprint density at radius 2 is 1.62 bits per heavy atom. The molecule has 6 aromatic rings. The lowest BCUT2D eigenvalue weighted by molar-refractivity contribution is 0.294. The van der Waals surface area contributed by atoms with E-state index in [1.54, 1.807) is 10.8 Å². The summed E-state index contributed by atoms with van der Waals surface area (Å²) in [4.78, 5) is 9.60. The van der Waals surface area contributed by atoms with Gasteiger partial charge in [0.15, 0.2) is 11.5 Å². The van der Waals surface area contributed by atoms with Crippen LogP contribution in [0.25, 0.3) is 11.3 Å². The average Bonchev–Trinajstić information content (AvgIpc) is 3.54. The van der Waals surface area contributed by atoms with Crippen LogP contribution < -0.4 is 9.47 Å². The number of aryl methyl sites for hydroxylation is 2. The van der Waals surface area contributed by atoms with Gasteiger partial charge in [-0.25, -0.2) is 19.2 Å². The molecule has 1 aliphatic heterocycles. The van der Waals surface area contributed by atoms with E-state index in [9.17, 15) is 0 Å². The van der Waals surface area contributed by atoms with Crippen LogP contribution in [0.3, 0.4) is 0 Å². The van der Waals surface area contributed by atoms with Crippen molar-refractivity contribution >= 4 is 5.65 Å². The summed E-state index contributed by atoms with van der Waals surface area (Å²) in [7, 11) is 0. The van der Waals surface area contributed by atoms with E-state index < -0.39 is 0 Å². The standard InChI is InChI=1S/C31H26N6O2/c1-19-11-10-16-24(20(19)2)38-17-25-33-29-28-27(22-12-6-4-7-13-22)26-21(3)34-37(23-14-8-5-9-15-23)31(26)39-30(28)32-18-36(29)35-25/h4-16,18,27H,17H2,1-3H3. The first kappa shape index (κ1) is 23.2. The highest BCUT2D eigenvalue weighted by atomic mass is 16.5. The summed E-state index contributed by atoms with van der Waals surface area (Å²) < 4.78 is 16.2. The molecule has 0 saturated heterocycles. The van der Waals surface area contributed by atoms with Crippen LogP contribution in [0.5, 0.6) is 17.5 Å². The molecule has 3 aromatic heterocycles. The minimum atomic E-state index is -0.185. The molecule has 0 amide bonds. The molecule has 7 rings (SSSR count). The molecule has 1 atom stereocenters. The molecule has 192 valence electrons. The third-order valence-corrected chi connectivity index (χ3v) is 7.31. The van der Waals surface area contributed by atoms with E-state index in [-0.39, 0.29) is 12.5 Å². The van der Waals surface area contributed by atoms with Crippen molar-refractivity contribution in [2.45, 2.75) is 33.3 Å². The predicted octanol–water partition coefficient (Wildman–Crippen LogP) is 6.10. The highest BCUT2D eigenvalue weighted by Crippen LogP contribution is 2.49. The number of fused-ring (bicyclic) bond motifs is 4. The van der Waals surface area contributed by atoms with Gasteiger partial charge in [-0.1, -0.05) is 60.7 Å². The molecular formula is C31H26N6O2. The van der Waals surface area contributed by atoms with Crippen molar-refractivity contribution in [3.8, 4) is 23.2 Å². The van der Waals surface area contributed by atoms with E-state index in [4.69, 9.17) is 19.6 Å². The molecule has 1 unspecified atom stereocenters. The minimum Gasteiger partial charge on any atom is -0.485 e. The Kier molecular flexibility index (Phi) is 5.40. The molecule has 3 aromatic carbocycles. The molecule has 0 bridgehead atoms. The maximum atomic E-state index is 6.49.